The number of nitrogens with zero attached hydrogens (tertiary/aromatic N) is 2. The minimum Gasteiger partial charge on any atom is -0.365 e. The maximum absolute atomic E-state index is 13.1. The summed E-state index contributed by atoms with van der Waals surface area (Å²) in [6.45, 7) is 0.606. The molecule has 1 heterocycles. The summed E-state index contributed by atoms with van der Waals surface area (Å²) in [5.74, 6) is -0.441. The van der Waals surface area contributed by atoms with Gasteiger partial charge in [-0.2, -0.15) is 0 Å². The van der Waals surface area contributed by atoms with E-state index in [2.05, 4.69) is 20.8 Å². The molecular formula is C18H14ClFN4O. The van der Waals surface area contributed by atoms with Gasteiger partial charge in [0.25, 0.3) is 5.91 Å². The lowest BCUT2D eigenvalue weighted by atomic mass is 10.2. The van der Waals surface area contributed by atoms with Gasteiger partial charge in [-0.1, -0.05) is 41.9 Å². The summed E-state index contributed by atoms with van der Waals surface area (Å²) in [4.78, 5) is 12.1. The van der Waals surface area contributed by atoms with Crippen molar-refractivity contribution in [2.75, 3.05) is 10.6 Å². The second-order valence-electron chi connectivity index (χ2n) is 5.23. The predicted molar refractivity (Wildman–Crippen MR) is 95.2 cm³/mol. The highest BCUT2D eigenvalue weighted by molar-refractivity contribution is 6.31. The number of benzene rings is 2. The van der Waals surface area contributed by atoms with Crippen molar-refractivity contribution in [3.63, 3.8) is 0 Å². The molecule has 0 atom stereocenters. The van der Waals surface area contributed by atoms with Crippen LogP contribution < -0.4 is 10.6 Å². The van der Waals surface area contributed by atoms with Crippen molar-refractivity contribution in [3.8, 4) is 0 Å². The minimum atomic E-state index is -0.548. The molecular weight excluding hydrogens is 343 g/mol. The van der Waals surface area contributed by atoms with Crippen molar-refractivity contribution in [1.82, 2.24) is 10.2 Å². The van der Waals surface area contributed by atoms with Crippen molar-refractivity contribution >= 4 is 29.0 Å². The summed E-state index contributed by atoms with van der Waals surface area (Å²) in [5.41, 5.74) is 1.63. The number of nitrogens with one attached hydrogen (secondary N) is 2. The van der Waals surface area contributed by atoms with E-state index in [4.69, 9.17) is 11.6 Å². The van der Waals surface area contributed by atoms with Crippen LogP contribution >= 0.6 is 11.6 Å². The van der Waals surface area contributed by atoms with Crippen molar-refractivity contribution in [1.29, 1.82) is 0 Å². The molecule has 0 saturated heterocycles. The van der Waals surface area contributed by atoms with Gasteiger partial charge in [0, 0.05) is 12.2 Å². The first-order valence-electron chi connectivity index (χ1n) is 7.50. The van der Waals surface area contributed by atoms with Crippen LogP contribution in [0.4, 0.5) is 15.9 Å². The van der Waals surface area contributed by atoms with Gasteiger partial charge < -0.3 is 10.6 Å². The van der Waals surface area contributed by atoms with Gasteiger partial charge in [-0.3, -0.25) is 4.79 Å². The van der Waals surface area contributed by atoms with E-state index in [-0.39, 0.29) is 10.7 Å². The van der Waals surface area contributed by atoms with Crippen LogP contribution in [0, 0.1) is 5.82 Å². The molecule has 1 amide bonds. The predicted octanol–water partition coefficient (Wildman–Crippen LogP) is 4.13. The second-order valence-corrected chi connectivity index (χ2v) is 5.63. The summed E-state index contributed by atoms with van der Waals surface area (Å²) < 4.78 is 13.1. The van der Waals surface area contributed by atoms with Crippen molar-refractivity contribution in [2.45, 2.75) is 6.54 Å². The number of rotatable bonds is 5. The molecule has 0 radical (unpaired) electrons. The lowest BCUT2D eigenvalue weighted by Gasteiger charge is -2.07. The molecule has 0 aliphatic carbocycles. The number of carbonyl (C=O) groups is 1. The largest absolute Gasteiger partial charge is 0.365 e. The summed E-state index contributed by atoms with van der Waals surface area (Å²) >= 11 is 5.69. The number of carbonyl (C=O) groups excluding carboxylic acids is 1. The highest BCUT2D eigenvalue weighted by Crippen LogP contribution is 2.19. The number of anilines is 2. The molecule has 0 spiro atoms. The quantitative estimate of drug-likeness (QED) is 0.721. The zero-order chi connectivity index (χ0) is 17.6. The molecule has 0 bridgehead atoms. The topological polar surface area (TPSA) is 66.9 Å². The normalized spacial score (nSPS) is 10.3. The van der Waals surface area contributed by atoms with Crippen LogP contribution in [0.5, 0.6) is 0 Å². The van der Waals surface area contributed by atoms with Crippen LogP contribution in [-0.2, 0) is 6.54 Å². The molecule has 25 heavy (non-hydrogen) atoms. The fourth-order valence-electron chi connectivity index (χ4n) is 2.11. The fraction of sp³-hybridized carbons (Fsp3) is 0.0556. The molecule has 3 aromatic rings. The molecule has 126 valence electrons. The lowest BCUT2D eigenvalue weighted by molar-refractivity contribution is 0.102. The summed E-state index contributed by atoms with van der Waals surface area (Å²) in [6, 6.07) is 17.0. The number of hydrogen-bond donors (Lipinski definition) is 2. The number of aromatic nitrogens is 2. The zero-order valence-electron chi connectivity index (χ0n) is 13.0. The SMILES string of the molecule is O=C(Nc1ccc(F)c(Cl)c1)c1ccc(NCc2ccccc2)nn1. The van der Waals surface area contributed by atoms with Gasteiger partial charge in [0.05, 0.1) is 5.02 Å². The number of hydrogen-bond acceptors (Lipinski definition) is 4. The lowest BCUT2D eigenvalue weighted by Crippen LogP contribution is -2.15. The van der Waals surface area contributed by atoms with E-state index in [9.17, 15) is 9.18 Å². The maximum atomic E-state index is 13.1. The molecule has 0 fully saturated rings. The molecule has 7 heteroatoms. The van der Waals surface area contributed by atoms with Gasteiger partial charge in [0.15, 0.2) is 5.69 Å². The van der Waals surface area contributed by atoms with E-state index < -0.39 is 11.7 Å². The molecule has 0 unspecified atom stereocenters. The average molecular weight is 357 g/mol. The van der Waals surface area contributed by atoms with Gasteiger partial charge in [-0.05, 0) is 35.9 Å². The van der Waals surface area contributed by atoms with E-state index in [1.807, 2.05) is 30.3 Å². The third-order valence-corrected chi connectivity index (χ3v) is 3.68. The Morgan fingerprint density at radius 1 is 1.04 bits per heavy atom. The highest BCUT2D eigenvalue weighted by atomic mass is 35.5. The van der Waals surface area contributed by atoms with Crippen LogP contribution in [0.25, 0.3) is 0 Å². The van der Waals surface area contributed by atoms with Gasteiger partial charge in [-0.25, -0.2) is 4.39 Å². The van der Waals surface area contributed by atoms with E-state index in [0.29, 0.717) is 18.1 Å². The number of halogens is 2. The highest BCUT2D eigenvalue weighted by Gasteiger charge is 2.10. The Bertz CT molecular complexity index is 872. The summed E-state index contributed by atoms with van der Waals surface area (Å²) in [5, 5.41) is 13.5. The Labute approximate surface area is 148 Å². The molecule has 0 saturated carbocycles. The van der Waals surface area contributed by atoms with Crippen LogP contribution in [0.15, 0.2) is 60.7 Å². The van der Waals surface area contributed by atoms with Crippen molar-refractivity contribution in [2.24, 2.45) is 0 Å². The van der Waals surface area contributed by atoms with E-state index in [0.717, 1.165) is 5.56 Å². The average Bonchev–Trinajstić information content (AvgIpc) is 2.64. The zero-order valence-corrected chi connectivity index (χ0v) is 13.8. The van der Waals surface area contributed by atoms with E-state index >= 15 is 0 Å². The third kappa shape index (κ3) is 4.51. The third-order valence-electron chi connectivity index (χ3n) is 3.39. The Balaban J connectivity index is 1.61. The van der Waals surface area contributed by atoms with Gasteiger partial charge in [0.2, 0.25) is 0 Å². The second kappa shape index (κ2) is 7.72. The Morgan fingerprint density at radius 3 is 2.52 bits per heavy atom. The van der Waals surface area contributed by atoms with Gasteiger partial charge in [-0.15, -0.1) is 10.2 Å². The summed E-state index contributed by atoms with van der Waals surface area (Å²) in [7, 11) is 0. The van der Waals surface area contributed by atoms with Crippen LogP contribution in [-0.4, -0.2) is 16.1 Å². The Morgan fingerprint density at radius 2 is 1.84 bits per heavy atom. The van der Waals surface area contributed by atoms with Gasteiger partial charge in [0.1, 0.15) is 11.6 Å². The van der Waals surface area contributed by atoms with Gasteiger partial charge >= 0.3 is 0 Å². The monoisotopic (exact) mass is 356 g/mol. The minimum absolute atomic E-state index is 0.0654. The summed E-state index contributed by atoms with van der Waals surface area (Å²) in [6.07, 6.45) is 0. The molecule has 0 aliphatic rings. The van der Waals surface area contributed by atoms with Crippen LogP contribution in [0.2, 0.25) is 5.02 Å². The molecule has 1 aromatic heterocycles. The van der Waals surface area contributed by atoms with Crippen molar-refractivity contribution in [3.05, 3.63) is 82.8 Å². The fourth-order valence-corrected chi connectivity index (χ4v) is 2.29. The van der Waals surface area contributed by atoms with Crippen molar-refractivity contribution < 1.29 is 9.18 Å². The Hall–Kier alpha value is -2.99. The molecule has 5 nitrogen and oxygen atoms in total. The Kier molecular flexibility index (Phi) is 5.20. The van der Waals surface area contributed by atoms with E-state index in [1.165, 1.54) is 18.2 Å². The molecule has 0 aliphatic heterocycles. The maximum Gasteiger partial charge on any atom is 0.276 e. The van der Waals surface area contributed by atoms with E-state index in [1.54, 1.807) is 12.1 Å². The first kappa shape index (κ1) is 16.9. The molecule has 2 N–H and O–H groups in total. The standard InChI is InChI=1S/C18H14ClFN4O/c19-14-10-13(6-7-15(14)20)22-18(25)16-8-9-17(24-23-16)21-11-12-4-2-1-3-5-12/h1-10H,11H2,(H,21,24)(H,22,25). The molecule has 3 rings (SSSR count). The smallest absolute Gasteiger partial charge is 0.276 e. The first-order valence-corrected chi connectivity index (χ1v) is 7.87. The number of amides is 1. The first-order chi connectivity index (χ1) is 12.1. The molecule has 2 aromatic carbocycles. The van der Waals surface area contributed by atoms with Crippen LogP contribution in [0.3, 0.4) is 0 Å². The van der Waals surface area contributed by atoms with Crippen LogP contribution in [0.1, 0.15) is 16.1 Å².